The van der Waals surface area contributed by atoms with Gasteiger partial charge in [0.05, 0.1) is 7.11 Å². The molecular weight excluding hydrogens is 322 g/mol. The molecule has 1 unspecified atom stereocenters. The van der Waals surface area contributed by atoms with E-state index in [1.54, 1.807) is 32.2 Å². The first kappa shape index (κ1) is 17.2. The standard InChI is InChI=1S/C19H21NO5/c1-11-6-7-13(23-3)10-14(11)20-18(21)17-12(2)9-16(25-19(17)22)15-5-4-8-24-15/h6-7,9-10,15H,4-5,8H2,1-3H3,(H,20,21). The topological polar surface area (TPSA) is 77.8 Å². The van der Waals surface area contributed by atoms with Crippen LogP contribution in [0.1, 0.15) is 46.2 Å². The van der Waals surface area contributed by atoms with E-state index in [-0.39, 0.29) is 11.7 Å². The molecule has 0 radical (unpaired) electrons. The van der Waals surface area contributed by atoms with E-state index in [2.05, 4.69) is 5.32 Å². The fraction of sp³-hybridized carbons (Fsp3) is 0.368. The molecule has 1 N–H and O–H groups in total. The summed E-state index contributed by atoms with van der Waals surface area (Å²) in [5, 5.41) is 2.76. The zero-order chi connectivity index (χ0) is 18.0. The second-order valence-electron chi connectivity index (χ2n) is 6.13. The van der Waals surface area contributed by atoms with E-state index in [4.69, 9.17) is 13.9 Å². The van der Waals surface area contributed by atoms with Gasteiger partial charge in [-0.25, -0.2) is 4.79 Å². The molecule has 0 saturated carbocycles. The second kappa shape index (κ2) is 7.11. The summed E-state index contributed by atoms with van der Waals surface area (Å²) in [7, 11) is 1.55. The molecule has 6 heteroatoms. The lowest BCUT2D eigenvalue weighted by molar-refractivity contribution is 0.0895. The highest BCUT2D eigenvalue weighted by molar-refractivity contribution is 6.05. The number of methoxy groups -OCH3 is 1. The third-order valence-corrected chi connectivity index (χ3v) is 4.33. The van der Waals surface area contributed by atoms with Crippen LogP contribution in [0, 0.1) is 13.8 Å². The van der Waals surface area contributed by atoms with E-state index in [0.717, 1.165) is 18.4 Å². The predicted molar refractivity (Wildman–Crippen MR) is 93.3 cm³/mol. The number of rotatable bonds is 4. The van der Waals surface area contributed by atoms with Crippen molar-refractivity contribution < 1.29 is 18.7 Å². The minimum atomic E-state index is -0.649. The average Bonchev–Trinajstić information content (AvgIpc) is 3.10. The van der Waals surface area contributed by atoms with Gasteiger partial charge in [0, 0.05) is 18.4 Å². The normalized spacial score (nSPS) is 16.7. The Labute approximate surface area is 145 Å². The summed E-state index contributed by atoms with van der Waals surface area (Å²) in [6.45, 7) is 4.25. The number of ether oxygens (including phenoxy) is 2. The van der Waals surface area contributed by atoms with Gasteiger partial charge in [-0.3, -0.25) is 4.79 Å². The summed E-state index contributed by atoms with van der Waals surface area (Å²) in [5.41, 5.74) is 1.38. The number of anilines is 1. The number of hydrogen-bond donors (Lipinski definition) is 1. The minimum absolute atomic E-state index is 0.00367. The minimum Gasteiger partial charge on any atom is -0.497 e. The lowest BCUT2D eigenvalue weighted by atomic mass is 10.1. The molecular formula is C19H21NO5. The van der Waals surface area contributed by atoms with Crippen molar-refractivity contribution in [2.24, 2.45) is 0 Å². The van der Waals surface area contributed by atoms with Gasteiger partial charge in [-0.05, 0) is 49.9 Å². The zero-order valence-electron chi connectivity index (χ0n) is 14.5. The van der Waals surface area contributed by atoms with Crippen LogP contribution in [0.15, 0.2) is 33.5 Å². The van der Waals surface area contributed by atoms with Gasteiger partial charge >= 0.3 is 5.63 Å². The molecule has 25 heavy (non-hydrogen) atoms. The van der Waals surface area contributed by atoms with Gasteiger partial charge in [0.1, 0.15) is 23.2 Å². The van der Waals surface area contributed by atoms with Crippen LogP contribution in [0.2, 0.25) is 0 Å². The number of amides is 1. The number of carbonyl (C=O) groups excluding carboxylic acids is 1. The molecule has 1 fully saturated rings. The van der Waals surface area contributed by atoms with E-state index in [1.807, 2.05) is 13.0 Å². The first-order valence-electron chi connectivity index (χ1n) is 8.22. The van der Waals surface area contributed by atoms with E-state index >= 15 is 0 Å². The van der Waals surface area contributed by atoms with Crippen molar-refractivity contribution in [3.63, 3.8) is 0 Å². The summed E-state index contributed by atoms with van der Waals surface area (Å²) < 4.78 is 16.1. The van der Waals surface area contributed by atoms with Crippen LogP contribution in [0.5, 0.6) is 5.75 Å². The molecule has 2 heterocycles. The molecule has 1 amide bonds. The predicted octanol–water partition coefficient (Wildman–Crippen LogP) is 3.37. The summed E-state index contributed by atoms with van der Waals surface area (Å²) in [6, 6.07) is 7.07. The van der Waals surface area contributed by atoms with Gasteiger partial charge in [0.25, 0.3) is 5.91 Å². The Bertz CT molecular complexity index is 849. The first-order valence-corrected chi connectivity index (χ1v) is 8.22. The first-order chi connectivity index (χ1) is 12.0. The van der Waals surface area contributed by atoms with E-state index in [9.17, 15) is 9.59 Å². The van der Waals surface area contributed by atoms with Crippen molar-refractivity contribution in [2.45, 2.75) is 32.8 Å². The quantitative estimate of drug-likeness (QED) is 0.921. The Balaban J connectivity index is 1.88. The highest BCUT2D eigenvalue weighted by Crippen LogP contribution is 2.29. The van der Waals surface area contributed by atoms with Gasteiger partial charge in [0.2, 0.25) is 0 Å². The van der Waals surface area contributed by atoms with Crippen LogP contribution in [0.25, 0.3) is 0 Å². The summed E-state index contributed by atoms with van der Waals surface area (Å²) in [4.78, 5) is 24.9. The van der Waals surface area contributed by atoms with E-state index in [1.165, 1.54) is 0 Å². The Morgan fingerprint density at radius 2 is 2.04 bits per heavy atom. The Morgan fingerprint density at radius 3 is 2.68 bits per heavy atom. The van der Waals surface area contributed by atoms with Crippen molar-refractivity contribution >= 4 is 11.6 Å². The Kier molecular flexibility index (Phi) is 4.90. The van der Waals surface area contributed by atoms with Crippen LogP contribution in [0.3, 0.4) is 0 Å². The monoisotopic (exact) mass is 343 g/mol. The Hall–Kier alpha value is -2.60. The molecule has 0 spiro atoms. The van der Waals surface area contributed by atoms with Crippen molar-refractivity contribution in [1.29, 1.82) is 0 Å². The van der Waals surface area contributed by atoms with Crippen molar-refractivity contribution in [3.8, 4) is 5.75 Å². The fourth-order valence-electron chi connectivity index (χ4n) is 2.91. The molecule has 2 aromatic rings. The summed E-state index contributed by atoms with van der Waals surface area (Å²) >= 11 is 0. The third kappa shape index (κ3) is 3.58. The van der Waals surface area contributed by atoms with Crippen molar-refractivity contribution in [2.75, 3.05) is 19.0 Å². The van der Waals surface area contributed by atoms with Crippen molar-refractivity contribution in [3.05, 3.63) is 57.1 Å². The molecule has 1 aliphatic heterocycles. The van der Waals surface area contributed by atoms with Gasteiger partial charge < -0.3 is 19.2 Å². The highest BCUT2D eigenvalue weighted by atomic mass is 16.5. The molecule has 1 aromatic carbocycles. The summed E-state index contributed by atoms with van der Waals surface area (Å²) in [5.74, 6) is 0.606. The average molecular weight is 343 g/mol. The Morgan fingerprint density at radius 1 is 1.24 bits per heavy atom. The molecule has 1 saturated heterocycles. The number of benzene rings is 1. The maximum absolute atomic E-state index is 12.6. The molecule has 0 aliphatic carbocycles. The highest BCUT2D eigenvalue weighted by Gasteiger charge is 2.24. The number of hydrogen-bond acceptors (Lipinski definition) is 5. The molecule has 1 aliphatic rings. The lowest BCUT2D eigenvalue weighted by Crippen LogP contribution is -2.23. The molecule has 0 bridgehead atoms. The van der Waals surface area contributed by atoms with Crippen LogP contribution >= 0.6 is 0 Å². The second-order valence-corrected chi connectivity index (χ2v) is 6.13. The SMILES string of the molecule is COc1ccc(C)c(NC(=O)c2c(C)cc(C3CCCO3)oc2=O)c1. The molecule has 132 valence electrons. The number of aryl methyl sites for hydroxylation is 2. The number of carbonyl (C=O) groups is 1. The fourth-order valence-corrected chi connectivity index (χ4v) is 2.91. The van der Waals surface area contributed by atoms with Crippen LogP contribution < -0.4 is 15.7 Å². The van der Waals surface area contributed by atoms with Gasteiger partial charge in [-0.15, -0.1) is 0 Å². The van der Waals surface area contributed by atoms with Crippen LogP contribution in [0.4, 0.5) is 5.69 Å². The van der Waals surface area contributed by atoms with Crippen molar-refractivity contribution in [1.82, 2.24) is 0 Å². The molecule has 1 aromatic heterocycles. The molecule has 1 atom stereocenters. The maximum atomic E-state index is 12.6. The smallest absolute Gasteiger partial charge is 0.349 e. The zero-order valence-corrected chi connectivity index (χ0v) is 14.5. The van der Waals surface area contributed by atoms with Gasteiger partial charge in [0.15, 0.2) is 0 Å². The third-order valence-electron chi connectivity index (χ3n) is 4.33. The molecule has 6 nitrogen and oxygen atoms in total. The van der Waals surface area contributed by atoms with E-state index in [0.29, 0.717) is 29.4 Å². The number of nitrogens with one attached hydrogen (secondary N) is 1. The summed E-state index contributed by atoms with van der Waals surface area (Å²) in [6.07, 6.45) is 1.55. The van der Waals surface area contributed by atoms with Gasteiger partial charge in [-0.2, -0.15) is 0 Å². The van der Waals surface area contributed by atoms with Crippen LogP contribution in [-0.4, -0.2) is 19.6 Å². The largest absolute Gasteiger partial charge is 0.497 e. The molecule has 3 rings (SSSR count). The lowest BCUT2D eigenvalue weighted by Gasteiger charge is -2.13. The van der Waals surface area contributed by atoms with Gasteiger partial charge in [-0.1, -0.05) is 6.07 Å². The van der Waals surface area contributed by atoms with Crippen LogP contribution in [-0.2, 0) is 4.74 Å². The van der Waals surface area contributed by atoms with E-state index < -0.39 is 11.5 Å². The maximum Gasteiger partial charge on any atom is 0.349 e.